The molecule has 2 N–H and O–H groups in total. The summed E-state index contributed by atoms with van der Waals surface area (Å²) in [7, 11) is -4.00. The van der Waals surface area contributed by atoms with E-state index >= 15 is 0 Å². The third kappa shape index (κ3) is 4.67. The van der Waals surface area contributed by atoms with Gasteiger partial charge in [-0.3, -0.25) is 9.52 Å². The van der Waals surface area contributed by atoms with E-state index in [1.54, 1.807) is 6.07 Å². The van der Waals surface area contributed by atoms with E-state index in [1.807, 2.05) is 19.1 Å². The Morgan fingerprint density at radius 2 is 1.66 bits per heavy atom. The SMILES string of the molecule is C[C@H](NC(=O)c1ccc(S(=O)(=O)Nc2ccccc2F)cc1)c1ccc2c(c1)OCCO2. The summed E-state index contributed by atoms with van der Waals surface area (Å²) >= 11 is 0. The first-order valence-electron chi connectivity index (χ1n) is 9.91. The van der Waals surface area contributed by atoms with Gasteiger partial charge in [-0.15, -0.1) is 0 Å². The van der Waals surface area contributed by atoms with Gasteiger partial charge in [-0.1, -0.05) is 18.2 Å². The van der Waals surface area contributed by atoms with Crippen molar-refractivity contribution in [2.75, 3.05) is 17.9 Å². The lowest BCUT2D eigenvalue weighted by Gasteiger charge is -2.21. The zero-order valence-corrected chi connectivity index (χ0v) is 18.0. The van der Waals surface area contributed by atoms with E-state index in [4.69, 9.17) is 9.47 Å². The van der Waals surface area contributed by atoms with Crippen LogP contribution in [-0.2, 0) is 10.0 Å². The number of benzene rings is 3. The summed E-state index contributed by atoms with van der Waals surface area (Å²) in [6, 6.07) is 16.0. The van der Waals surface area contributed by atoms with Crippen LogP contribution in [0.2, 0.25) is 0 Å². The highest BCUT2D eigenvalue weighted by Crippen LogP contribution is 2.32. The monoisotopic (exact) mass is 456 g/mol. The van der Waals surface area contributed by atoms with Gasteiger partial charge in [0.15, 0.2) is 11.5 Å². The van der Waals surface area contributed by atoms with Gasteiger partial charge in [0.25, 0.3) is 15.9 Å². The van der Waals surface area contributed by atoms with Gasteiger partial charge in [0.1, 0.15) is 19.0 Å². The predicted molar refractivity (Wildman–Crippen MR) is 117 cm³/mol. The molecule has 3 aromatic rings. The lowest BCUT2D eigenvalue weighted by atomic mass is 10.1. The number of carbonyl (C=O) groups excluding carboxylic acids is 1. The van der Waals surface area contributed by atoms with Crippen LogP contribution in [-0.4, -0.2) is 27.5 Å². The third-order valence-corrected chi connectivity index (χ3v) is 6.34. The minimum atomic E-state index is -4.00. The Morgan fingerprint density at radius 3 is 2.38 bits per heavy atom. The van der Waals surface area contributed by atoms with Gasteiger partial charge >= 0.3 is 0 Å². The molecule has 0 saturated heterocycles. The molecule has 1 aliphatic rings. The number of sulfonamides is 1. The molecule has 9 heteroatoms. The van der Waals surface area contributed by atoms with Crippen LogP contribution < -0.4 is 19.5 Å². The molecule has 0 aromatic heterocycles. The molecular weight excluding hydrogens is 435 g/mol. The number of ether oxygens (including phenoxy) is 2. The zero-order chi connectivity index (χ0) is 22.7. The molecule has 0 radical (unpaired) electrons. The van der Waals surface area contributed by atoms with E-state index in [0.29, 0.717) is 30.3 Å². The number of carbonyl (C=O) groups is 1. The van der Waals surface area contributed by atoms with Crippen LogP contribution in [0.25, 0.3) is 0 Å². The maximum absolute atomic E-state index is 13.8. The zero-order valence-electron chi connectivity index (χ0n) is 17.2. The molecule has 0 saturated carbocycles. The molecule has 1 heterocycles. The second kappa shape index (κ2) is 8.88. The Bertz CT molecular complexity index is 1250. The molecule has 0 fully saturated rings. The van der Waals surface area contributed by atoms with Gasteiger partial charge in [-0.2, -0.15) is 0 Å². The van der Waals surface area contributed by atoms with Crippen molar-refractivity contribution < 1.29 is 27.1 Å². The third-order valence-electron chi connectivity index (χ3n) is 4.96. The maximum atomic E-state index is 13.8. The number of fused-ring (bicyclic) bond motifs is 1. The van der Waals surface area contributed by atoms with Crippen molar-refractivity contribution in [2.24, 2.45) is 0 Å². The average molecular weight is 456 g/mol. The maximum Gasteiger partial charge on any atom is 0.261 e. The fraction of sp³-hybridized carbons (Fsp3) is 0.174. The van der Waals surface area contributed by atoms with E-state index < -0.39 is 15.8 Å². The highest BCUT2D eigenvalue weighted by molar-refractivity contribution is 7.92. The number of halogens is 1. The Morgan fingerprint density at radius 1 is 0.969 bits per heavy atom. The van der Waals surface area contributed by atoms with Gasteiger partial charge in [0.05, 0.1) is 16.6 Å². The van der Waals surface area contributed by atoms with E-state index in [9.17, 15) is 17.6 Å². The summed E-state index contributed by atoms with van der Waals surface area (Å²) in [5, 5.41) is 2.87. The van der Waals surface area contributed by atoms with E-state index in [2.05, 4.69) is 10.0 Å². The predicted octanol–water partition coefficient (Wildman–Crippen LogP) is 3.89. The van der Waals surface area contributed by atoms with Crippen molar-refractivity contribution in [1.29, 1.82) is 0 Å². The summed E-state index contributed by atoms with van der Waals surface area (Å²) < 4.78 is 52.1. The summed E-state index contributed by atoms with van der Waals surface area (Å²) in [6.45, 7) is 2.80. The van der Waals surface area contributed by atoms with Crippen LogP contribution in [0.5, 0.6) is 11.5 Å². The second-order valence-corrected chi connectivity index (χ2v) is 8.89. The van der Waals surface area contributed by atoms with Crippen LogP contribution >= 0.6 is 0 Å². The van der Waals surface area contributed by atoms with Crippen LogP contribution in [0.3, 0.4) is 0 Å². The molecule has 0 unspecified atom stereocenters. The Hall–Kier alpha value is -3.59. The topological polar surface area (TPSA) is 93.7 Å². The summed E-state index contributed by atoms with van der Waals surface area (Å²) in [6.07, 6.45) is 0. The van der Waals surface area contributed by atoms with Crippen LogP contribution in [0.15, 0.2) is 71.6 Å². The molecule has 4 rings (SSSR count). The molecule has 166 valence electrons. The van der Waals surface area contributed by atoms with Gasteiger partial charge in [-0.05, 0) is 61.0 Å². The molecule has 32 heavy (non-hydrogen) atoms. The number of rotatable bonds is 6. The number of anilines is 1. The van der Waals surface area contributed by atoms with Gasteiger partial charge < -0.3 is 14.8 Å². The Kier molecular flexibility index (Phi) is 6.00. The standard InChI is InChI=1S/C23H21FN2O5S/c1-15(17-8-11-21-22(14-17)31-13-12-30-21)25-23(27)16-6-9-18(10-7-16)32(28,29)26-20-5-3-2-4-19(20)24/h2-11,14-15,26H,12-13H2,1H3,(H,25,27)/t15-/m0/s1. The molecule has 1 amide bonds. The van der Waals surface area contributed by atoms with E-state index in [0.717, 1.165) is 11.6 Å². The quantitative estimate of drug-likeness (QED) is 0.587. The van der Waals surface area contributed by atoms with Gasteiger partial charge in [-0.25, -0.2) is 12.8 Å². The fourth-order valence-corrected chi connectivity index (χ4v) is 4.29. The lowest BCUT2D eigenvalue weighted by molar-refractivity contribution is 0.0939. The highest BCUT2D eigenvalue weighted by atomic mass is 32.2. The van der Waals surface area contributed by atoms with Crippen LogP contribution in [0, 0.1) is 5.82 Å². The number of nitrogens with one attached hydrogen (secondary N) is 2. The minimum Gasteiger partial charge on any atom is -0.486 e. The fourth-order valence-electron chi connectivity index (χ4n) is 3.23. The number of amides is 1. The van der Waals surface area contributed by atoms with Gasteiger partial charge in [0, 0.05) is 5.56 Å². The van der Waals surface area contributed by atoms with Crippen LogP contribution in [0.4, 0.5) is 10.1 Å². The Labute approximate surface area is 185 Å². The molecule has 0 bridgehead atoms. The normalized spacial score (nSPS) is 13.8. The number of para-hydroxylation sites is 1. The highest BCUT2D eigenvalue weighted by Gasteiger charge is 2.19. The summed E-state index contributed by atoms with van der Waals surface area (Å²) in [5.41, 5.74) is 0.984. The largest absolute Gasteiger partial charge is 0.486 e. The molecule has 3 aromatic carbocycles. The molecule has 7 nitrogen and oxygen atoms in total. The number of hydrogen-bond acceptors (Lipinski definition) is 5. The first-order chi connectivity index (χ1) is 15.3. The first kappa shape index (κ1) is 21.6. The molecule has 1 aliphatic heterocycles. The Balaban J connectivity index is 1.44. The van der Waals surface area contributed by atoms with Crippen molar-refractivity contribution >= 4 is 21.6 Å². The molecule has 0 aliphatic carbocycles. The molecule has 0 spiro atoms. The van der Waals surface area contributed by atoms with E-state index in [1.165, 1.54) is 42.5 Å². The van der Waals surface area contributed by atoms with E-state index in [-0.39, 0.29) is 22.5 Å². The van der Waals surface area contributed by atoms with Gasteiger partial charge in [0.2, 0.25) is 0 Å². The smallest absolute Gasteiger partial charge is 0.261 e. The summed E-state index contributed by atoms with van der Waals surface area (Å²) in [4.78, 5) is 12.5. The second-order valence-electron chi connectivity index (χ2n) is 7.21. The summed E-state index contributed by atoms with van der Waals surface area (Å²) in [5.74, 6) is 0.254. The first-order valence-corrected chi connectivity index (χ1v) is 11.4. The molecular formula is C23H21FN2O5S. The van der Waals surface area contributed by atoms with Crippen molar-refractivity contribution in [3.05, 3.63) is 83.7 Å². The minimum absolute atomic E-state index is 0.0859. The molecule has 1 atom stereocenters. The number of hydrogen-bond donors (Lipinski definition) is 2. The van der Waals surface area contributed by atoms with Crippen molar-refractivity contribution in [3.63, 3.8) is 0 Å². The van der Waals surface area contributed by atoms with Crippen molar-refractivity contribution in [2.45, 2.75) is 17.9 Å². The van der Waals surface area contributed by atoms with Crippen molar-refractivity contribution in [1.82, 2.24) is 5.32 Å². The lowest BCUT2D eigenvalue weighted by Crippen LogP contribution is -2.27. The van der Waals surface area contributed by atoms with Crippen molar-refractivity contribution in [3.8, 4) is 11.5 Å². The van der Waals surface area contributed by atoms with Crippen LogP contribution in [0.1, 0.15) is 28.9 Å². The average Bonchev–Trinajstić information content (AvgIpc) is 2.80.